The molecule has 0 bridgehead atoms. The third-order valence-corrected chi connectivity index (χ3v) is 7.45. The lowest BCUT2D eigenvalue weighted by atomic mass is 10.1. The number of nitrogens with zero attached hydrogens (tertiary/aromatic N) is 2. The standard InChI is InChI=1S/C24H50O.C10H16N2O8/c1-3-5-7-9-11-13-15-17-19-21-23-25-24-22-20-18-16-14-12-10-8-6-4-2;13-7(14)3-11(4-8(15)16)1-2-12(5-9(17)18)6-10(19)20/h3-24H2,1-2H3;1-6H2,(H,13,14)(H,15,16)(H,17,18)(H,19,20). The molecule has 0 aliphatic carbocycles. The lowest BCUT2D eigenvalue weighted by Gasteiger charge is -2.23. The molecule has 0 saturated heterocycles. The minimum Gasteiger partial charge on any atom is -0.480 e. The number of carboxylic acids is 4. The van der Waals surface area contributed by atoms with Gasteiger partial charge in [0, 0.05) is 26.3 Å². The van der Waals surface area contributed by atoms with Crippen LogP contribution in [0.25, 0.3) is 0 Å². The molecule has 0 aliphatic rings. The SMILES string of the molecule is CCCCCCCCCCCCOCCCCCCCCCCCC.O=C(O)CN(CCN(CC(=O)O)CC(=O)O)CC(=O)O. The summed E-state index contributed by atoms with van der Waals surface area (Å²) >= 11 is 0. The number of aliphatic carboxylic acids is 4. The van der Waals surface area contributed by atoms with Gasteiger partial charge in [-0.1, -0.05) is 129 Å². The molecule has 0 radical (unpaired) electrons. The van der Waals surface area contributed by atoms with Gasteiger partial charge < -0.3 is 25.2 Å². The largest absolute Gasteiger partial charge is 0.480 e. The van der Waals surface area contributed by atoms with Crippen LogP contribution in [0.4, 0.5) is 0 Å². The van der Waals surface area contributed by atoms with Crippen LogP contribution in [-0.4, -0.2) is 107 Å². The lowest BCUT2D eigenvalue weighted by molar-refractivity contribution is -0.145. The fraction of sp³-hybridized carbons (Fsp3) is 0.882. The monoisotopic (exact) mass is 646 g/mol. The molecule has 11 nitrogen and oxygen atoms in total. The zero-order valence-corrected chi connectivity index (χ0v) is 28.5. The topological polar surface area (TPSA) is 165 Å². The quantitative estimate of drug-likeness (QED) is 0.0556. The second-order valence-electron chi connectivity index (χ2n) is 12.0. The van der Waals surface area contributed by atoms with Crippen molar-refractivity contribution in [2.24, 2.45) is 0 Å². The third-order valence-electron chi connectivity index (χ3n) is 7.45. The van der Waals surface area contributed by atoms with E-state index < -0.39 is 50.1 Å². The minimum atomic E-state index is -1.23. The summed E-state index contributed by atoms with van der Waals surface area (Å²) in [4.78, 5) is 44.4. The molecular weight excluding hydrogens is 580 g/mol. The molecule has 0 atom stereocenters. The molecule has 0 heterocycles. The Morgan fingerprint density at radius 2 is 0.622 bits per heavy atom. The highest BCUT2D eigenvalue weighted by atomic mass is 16.5. The Kier molecular flexibility index (Phi) is 34.5. The van der Waals surface area contributed by atoms with Crippen molar-refractivity contribution in [3.05, 3.63) is 0 Å². The molecule has 0 spiro atoms. The maximum absolute atomic E-state index is 10.6. The van der Waals surface area contributed by atoms with Crippen LogP contribution >= 0.6 is 0 Å². The smallest absolute Gasteiger partial charge is 0.317 e. The Hall–Kier alpha value is -2.24. The van der Waals surface area contributed by atoms with E-state index in [9.17, 15) is 19.2 Å². The van der Waals surface area contributed by atoms with E-state index in [0.717, 1.165) is 23.0 Å². The van der Waals surface area contributed by atoms with E-state index in [1.165, 1.54) is 128 Å². The average molecular weight is 647 g/mol. The number of carbonyl (C=O) groups is 4. The predicted molar refractivity (Wildman–Crippen MR) is 178 cm³/mol. The Balaban J connectivity index is 0. The first-order valence-electron chi connectivity index (χ1n) is 17.5. The molecule has 0 unspecified atom stereocenters. The molecule has 0 aromatic heterocycles. The number of hydrogen-bond acceptors (Lipinski definition) is 7. The first-order valence-corrected chi connectivity index (χ1v) is 17.5. The van der Waals surface area contributed by atoms with E-state index in [2.05, 4.69) is 13.8 Å². The fourth-order valence-electron chi connectivity index (χ4n) is 4.96. The van der Waals surface area contributed by atoms with Crippen LogP contribution < -0.4 is 0 Å². The van der Waals surface area contributed by atoms with Crippen LogP contribution in [0.15, 0.2) is 0 Å². The highest BCUT2D eigenvalue weighted by Crippen LogP contribution is 2.12. The van der Waals surface area contributed by atoms with Gasteiger partial charge in [-0.2, -0.15) is 0 Å². The predicted octanol–water partition coefficient (Wildman–Crippen LogP) is 6.77. The zero-order valence-electron chi connectivity index (χ0n) is 28.5. The Labute approximate surface area is 272 Å². The minimum absolute atomic E-state index is 0.0703. The van der Waals surface area contributed by atoms with Gasteiger partial charge in [-0.05, 0) is 12.8 Å². The van der Waals surface area contributed by atoms with Gasteiger partial charge in [-0.3, -0.25) is 29.0 Å². The maximum Gasteiger partial charge on any atom is 0.317 e. The highest BCUT2D eigenvalue weighted by molar-refractivity contribution is 5.73. The fourth-order valence-corrected chi connectivity index (χ4v) is 4.96. The molecule has 0 aliphatic heterocycles. The molecule has 0 aromatic rings. The number of ether oxygens (including phenoxy) is 1. The van der Waals surface area contributed by atoms with E-state index in [-0.39, 0.29) is 13.1 Å². The van der Waals surface area contributed by atoms with Crippen LogP contribution in [0.1, 0.15) is 142 Å². The molecule has 0 aromatic carbocycles. The van der Waals surface area contributed by atoms with Crippen molar-refractivity contribution >= 4 is 23.9 Å². The van der Waals surface area contributed by atoms with Crippen molar-refractivity contribution in [2.75, 3.05) is 52.5 Å². The van der Waals surface area contributed by atoms with Crippen molar-refractivity contribution in [3.8, 4) is 0 Å². The lowest BCUT2D eigenvalue weighted by Crippen LogP contribution is -2.43. The van der Waals surface area contributed by atoms with E-state index in [1.807, 2.05) is 0 Å². The van der Waals surface area contributed by atoms with Gasteiger partial charge in [0.05, 0.1) is 26.2 Å². The van der Waals surface area contributed by atoms with E-state index >= 15 is 0 Å². The summed E-state index contributed by atoms with van der Waals surface area (Å²) in [6.45, 7) is 4.32. The molecule has 0 rings (SSSR count). The molecule has 0 fully saturated rings. The van der Waals surface area contributed by atoms with Crippen LogP contribution in [0.3, 0.4) is 0 Å². The van der Waals surface area contributed by atoms with Gasteiger partial charge in [0.1, 0.15) is 0 Å². The summed E-state index contributed by atoms with van der Waals surface area (Å²) in [5.41, 5.74) is 0. The first-order chi connectivity index (χ1) is 21.6. The summed E-state index contributed by atoms with van der Waals surface area (Å²) < 4.78 is 5.78. The highest BCUT2D eigenvalue weighted by Gasteiger charge is 2.18. The summed E-state index contributed by atoms with van der Waals surface area (Å²) in [6, 6.07) is 0. The van der Waals surface area contributed by atoms with Gasteiger partial charge in [0.2, 0.25) is 0 Å². The van der Waals surface area contributed by atoms with Crippen LogP contribution in [0, 0.1) is 0 Å². The van der Waals surface area contributed by atoms with Crippen LogP contribution in [-0.2, 0) is 23.9 Å². The first kappa shape index (κ1) is 44.9. The second-order valence-corrected chi connectivity index (χ2v) is 12.0. The maximum atomic E-state index is 10.6. The number of carboxylic acid groups (broad SMARTS) is 4. The Bertz CT molecular complexity index is 632. The molecular formula is C34H66N2O9. The molecule has 4 N–H and O–H groups in total. The third kappa shape index (κ3) is 39.7. The van der Waals surface area contributed by atoms with Crippen molar-refractivity contribution < 1.29 is 44.3 Å². The zero-order chi connectivity index (χ0) is 34.0. The van der Waals surface area contributed by atoms with E-state index in [1.54, 1.807) is 0 Å². The number of hydrogen-bond donors (Lipinski definition) is 4. The molecule has 0 amide bonds. The van der Waals surface area contributed by atoms with Crippen LogP contribution in [0.5, 0.6) is 0 Å². The number of unbranched alkanes of at least 4 members (excludes halogenated alkanes) is 18. The van der Waals surface area contributed by atoms with Crippen LogP contribution in [0.2, 0.25) is 0 Å². The summed E-state index contributed by atoms with van der Waals surface area (Å²) in [6.07, 6.45) is 28.2. The Morgan fingerprint density at radius 1 is 0.400 bits per heavy atom. The molecule has 45 heavy (non-hydrogen) atoms. The van der Waals surface area contributed by atoms with Gasteiger partial charge in [0.15, 0.2) is 0 Å². The normalized spacial score (nSPS) is 11.0. The molecule has 11 heteroatoms. The molecule has 266 valence electrons. The molecule has 0 saturated carbocycles. The second kappa shape index (κ2) is 34.6. The van der Waals surface area contributed by atoms with E-state index in [4.69, 9.17) is 25.2 Å². The summed E-state index contributed by atoms with van der Waals surface area (Å²) in [5.74, 6) is -4.91. The van der Waals surface area contributed by atoms with Crippen molar-refractivity contribution in [1.29, 1.82) is 0 Å². The summed E-state index contributed by atoms with van der Waals surface area (Å²) in [5, 5.41) is 34.5. The van der Waals surface area contributed by atoms with Gasteiger partial charge in [-0.15, -0.1) is 0 Å². The number of rotatable bonds is 33. The Morgan fingerprint density at radius 3 is 0.844 bits per heavy atom. The van der Waals surface area contributed by atoms with Crippen molar-refractivity contribution in [3.63, 3.8) is 0 Å². The summed E-state index contributed by atoms with van der Waals surface area (Å²) in [7, 11) is 0. The van der Waals surface area contributed by atoms with Gasteiger partial charge >= 0.3 is 23.9 Å². The van der Waals surface area contributed by atoms with Gasteiger partial charge in [-0.25, -0.2) is 0 Å². The average Bonchev–Trinajstić information content (AvgIpc) is 2.96. The van der Waals surface area contributed by atoms with Gasteiger partial charge in [0.25, 0.3) is 0 Å². The van der Waals surface area contributed by atoms with Crippen molar-refractivity contribution in [2.45, 2.75) is 142 Å². The van der Waals surface area contributed by atoms with Crippen molar-refractivity contribution in [1.82, 2.24) is 9.80 Å². The van der Waals surface area contributed by atoms with E-state index in [0.29, 0.717) is 0 Å².